The first-order valence-electron chi connectivity index (χ1n) is 7.46. The highest BCUT2D eigenvalue weighted by Gasteiger charge is 2.25. The van der Waals surface area contributed by atoms with E-state index in [4.69, 9.17) is 0 Å². The van der Waals surface area contributed by atoms with E-state index in [1.807, 2.05) is 20.8 Å². The molecule has 0 fully saturated rings. The molecule has 0 saturated carbocycles. The van der Waals surface area contributed by atoms with Gasteiger partial charge in [-0.15, -0.1) is 0 Å². The smallest absolute Gasteiger partial charge is 0.244 e. The maximum Gasteiger partial charge on any atom is 0.244 e. The second kappa shape index (κ2) is 7.38. The Kier molecular flexibility index (Phi) is 6.37. The molecule has 0 aliphatic rings. The predicted molar refractivity (Wildman–Crippen MR) is 84.7 cm³/mol. The summed E-state index contributed by atoms with van der Waals surface area (Å²) < 4.78 is 28.9. The number of aromatic nitrogens is 2. The molecule has 1 heterocycles. The molecule has 0 unspecified atom stereocenters. The molecule has 0 bridgehead atoms. The summed E-state index contributed by atoms with van der Waals surface area (Å²) in [6.45, 7) is 11.5. The molecule has 1 rings (SSSR count). The van der Waals surface area contributed by atoms with E-state index in [1.54, 1.807) is 10.9 Å². The van der Waals surface area contributed by atoms with Crippen molar-refractivity contribution in [2.45, 2.75) is 70.5 Å². The van der Waals surface area contributed by atoms with Gasteiger partial charge in [0.2, 0.25) is 10.0 Å². The number of nitrogens with zero attached hydrogens (tertiary/aromatic N) is 2. The SMILES string of the molecule is CCC(C)(C)NS(=O)(=O)c1cnn(CCCNC(C)C)c1. The lowest BCUT2D eigenvalue weighted by atomic mass is 10.0. The van der Waals surface area contributed by atoms with E-state index >= 15 is 0 Å². The first-order valence-corrected chi connectivity index (χ1v) is 8.94. The van der Waals surface area contributed by atoms with Gasteiger partial charge in [0.05, 0.1) is 6.20 Å². The van der Waals surface area contributed by atoms with Gasteiger partial charge >= 0.3 is 0 Å². The van der Waals surface area contributed by atoms with Crippen molar-refractivity contribution in [3.8, 4) is 0 Å². The molecule has 0 atom stereocenters. The molecular formula is C14H28N4O2S. The van der Waals surface area contributed by atoms with Crippen molar-refractivity contribution >= 4 is 10.0 Å². The number of hydrogen-bond donors (Lipinski definition) is 2. The zero-order valence-corrected chi connectivity index (χ0v) is 14.5. The van der Waals surface area contributed by atoms with Gasteiger partial charge in [0.25, 0.3) is 0 Å². The van der Waals surface area contributed by atoms with Gasteiger partial charge in [-0.3, -0.25) is 4.68 Å². The molecule has 0 radical (unpaired) electrons. The molecule has 0 amide bonds. The normalized spacial score (nSPS) is 13.0. The highest BCUT2D eigenvalue weighted by molar-refractivity contribution is 7.89. The second-order valence-electron chi connectivity index (χ2n) is 6.24. The van der Waals surface area contributed by atoms with Crippen molar-refractivity contribution in [2.75, 3.05) is 6.54 Å². The Morgan fingerprint density at radius 2 is 2.05 bits per heavy atom. The van der Waals surface area contributed by atoms with Crippen LogP contribution >= 0.6 is 0 Å². The van der Waals surface area contributed by atoms with Crippen LogP contribution in [0.25, 0.3) is 0 Å². The molecule has 21 heavy (non-hydrogen) atoms. The Morgan fingerprint density at radius 3 is 2.62 bits per heavy atom. The number of nitrogens with one attached hydrogen (secondary N) is 2. The fourth-order valence-electron chi connectivity index (χ4n) is 1.73. The highest BCUT2D eigenvalue weighted by atomic mass is 32.2. The maximum atomic E-state index is 12.3. The highest BCUT2D eigenvalue weighted by Crippen LogP contribution is 2.14. The average Bonchev–Trinajstić information content (AvgIpc) is 2.83. The van der Waals surface area contributed by atoms with E-state index < -0.39 is 15.6 Å². The van der Waals surface area contributed by atoms with Crippen LogP contribution in [0.5, 0.6) is 0 Å². The van der Waals surface area contributed by atoms with Crippen molar-refractivity contribution in [1.29, 1.82) is 0 Å². The van der Waals surface area contributed by atoms with Gasteiger partial charge in [-0.2, -0.15) is 5.10 Å². The molecule has 0 saturated heterocycles. The summed E-state index contributed by atoms with van der Waals surface area (Å²) in [6, 6.07) is 0.457. The zero-order valence-electron chi connectivity index (χ0n) is 13.7. The molecule has 2 N–H and O–H groups in total. The Hall–Kier alpha value is -0.920. The van der Waals surface area contributed by atoms with E-state index in [0.717, 1.165) is 19.4 Å². The first-order chi connectivity index (χ1) is 9.66. The fourth-order valence-corrected chi connectivity index (χ4v) is 3.17. The van der Waals surface area contributed by atoms with E-state index in [0.29, 0.717) is 12.6 Å². The third-order valence-electron chi connectivity index (χ3n) is 3.33. The molecular weight excluding hydrogens is 288 g/mol. The molecule has 0 aliphatic carbocycles. The van der Waals surface area contributed by atoms with Gasteiger partial charge in [0, 0.05) is 24.3 Å². The van der Waals surface area contributed by atoms with Crippen LogP contribution in [0.3, 0.4) is 0 Å². The van der Waals surface area contributed by atoms with Crippen LogP contribution in [0.4, 0.5) is 0 Å². The third kappa shape index (κ3) is 6.15. The van der Waals surface area contributed by atoms with Gasteiger partial charge in [0.1, 0.15) is 4.90 Å². The average molecular weight is 316 g/mol. The van der Waals surface area contributed by atoms with Gasteiger partial charge < -0.3 is 5.32 Å². The van der Waals surface area contributed by atoms with E-state index in [2.05, 4.69) is 29.0 Å². The lowest BCUT2D eigenvalue weighted by Crippen LogP contribution is -2.42. The Balaban J connectivity index is 2.61. The largest absolute Gasteiger partial charge is 0.314 e. The van der Waals surface area contributed by atoms with Crippen LogP contribution in [0.15, 0.2) is 17.3 Å². The number of rotatable bonds is 9. The molecule has 1 aromatic rings. The topological polar surface area (TPSA) is 76.0 Å². The number of hydrogen-bond acceptors (Lipinski definition) is 4. The Morgan fingerprint density at radius 1 is 1.38 bits per heavy atom. The minimum absolute atomic E-state index is 0.223. The van der Waals surface area contributed by atoms with Crippen molar-refractivity contribution in [3.05, 3.63) is 12.4 Å². The third-order valence-corrected chi connectivity index (χ3v) is 4.98. The molecule has 122 valence electrons. The van der Waals surface area contributed by atoms with Crippen LogP contribution in [-0.2, 0) is 16.6 Å². The van der Waals surface area contributed by atoms with Crippen molar-refractivity contribution in [3.63, 3.8) is 0 Å². The summed E-state index contributed by atoms with van der Waals surface area (Å²) >= 11 is 0. The van der Waals surface area contributed by atoms with E-state index in [9.17, 15) is 8.42 Å². The second-order valence-corrected chi connectivity index (χ2v) is 7.93. The van der Waals surface area contributed by atoms with E-state index in [1.165, 1.54) is 6.20 Å². The minimum atomic E-state index is -3.50. The van der Waals surface area contributed by atoms with Crippen LogP contribution in [-0.4, -0.2) is 36.3 Å². The van der Waals surface area contributed by atoms with Crippen LogP contribution < -0.4 is 10.0 Å². The summed E-state index contributed by atoms with van der Waals surface area (Å²) in [5, 5.41) is 7.44. The summed E-state index contributed by atoms with van der Waals surface area (Å²) in [7, 11) is -3.50. The summed E-state index contributed by atoms with van der Waals surface area (Å²) in [6.07, 6.45) is 4.63. The first kappa shape index (κ1) is 18.1. The Bertz CT molecular complexity index is 535. The Labute approximate surface area is 128 Å². The monoisotopic (exact) mass is 316 g/mol. The summed E-state index contributed by atoms with van der Waals surface area (Å²) in [5.41, 5.74) is -0.456. The van der Waals surface area contributed by atoms with Crippen LogP contribution in [0, 0.1) is 0 Å². The molecule has 7 heteroatoms. The van der Waals surface area contributed by atoms with Crippen molar-refractivity contribution in [1.82, 2.24) is 19.8 Å². The van der Waals surface area contributed by atoms with Gasteiger partial charge in [-0.25, -0.2) is 13.1 Å². The zero-order chi connectivity index (χ0) is 16.1. The summed E-state index contributed by atoms with van der Waals surface area (Å²) in [4.78, 5) is 0.223. The molecule has 0 aromatic carbocycles. The standard InChI is InChI=1S/C14H28N4O2S/c1-6-14(4,5)17-21(19,20)13-10-16-18(11-13)9-7-8-15-12(2)3/h10-12,15,17H,6-9H2,1-5H3. The lowest BCUT2D eigenvalue weighted by molar-refractivity contribution is 0.439. The number of sulfonamides is 1. The van der Waals surface area contributed by atoms with Crippen LogP contribution in [0.2, 0.25) is 0 Å². The maximum absolute atomic E-state index is 12.3. The molecule has 0 spiro atoms. The predicted octanol–water partition coefficient (Wildman–Crippen LogP) is 1.74. The van der Waals surface area contributed by atoms with Crippen molar-refractivity contribution < 1.29 is 8.42 Å². The van der Waals surface area contributed by atoms with Gasteiger partial charge in [-0.1, -0.05) is 20.8 Å². The molecule has 1 aromatic heterocycles. The van der Waals surface area contributed by atoms with Gasteiger partial charge in [-0.05, 0) is 33.2 Å². The minimum Gasteiger partial charge on any atom is -0.314 e. The molecule has 0 aliphatic heterocycles. The summed E-state index contributed by atoms with van der Waals surface area (Å²) in [5.74, 6) is 0. The lowest BCUT2D eigenvalue weighted by Gasteiger charge is -2.23. The van der Waals surface area contributed by atoms with E-state index in [-0.39, 0.29) is 4.90 Å². The van der Waals surface area contributed by atoms with Gasteiger partial charge in [0.15, 0.2) is 0 Å². The fraction of sp³-hybridized carbons (Fsp3) is 0.786. The number of aryl methyl sites for hydroxylation is 1. The van der Waals surface area contributed by atoms with Crippen molar-refractivity contribution in [2.24, 2.45) is 0 Å². The van der Waals surface area contributed by atoms with Crippen LogP contribution in [0.1, 0.15) is 47.5 Å². The molecule has 6 nitrogen and oxygen atoms in total. The quantitative estimate of drug-likeness (QED) is 0.680.